The first-order chi connectivity index (χ1) is 9.78. The van der Waals surface area contributed by atoms with Gasteiger partial charge in [-0.1, -0.05) is 0 Å². The van der Waals surface area contributed by atoms with Gasteiger partial charge in [-0.2, -0.15) is 10.2 Å². The Morgan fingerprint density at radius 1 is 1.40 bits per heavy atom. The maximum absolute atomic E-state index is 12.2. The van der Waals surface area contributed by atoms with E-state index in [-0.39, 0.29) is 5.91 Å². The normalized spacial score (nSPS) is 10.8. The standard InChI is InChI=1S/C12H12N6O2/c1-20-8-17-7-9(5-14-17)16-12(19)10-6-15-18-4-2-3-13-11(10)18/h2-7H,8H2,1H3,(H,16,19). The Labute approximate surface area is 114 Å². The second kappa shape index (κ2) is 5.10. The second-order valence-electron chi connectivity index (χ2n) is 4.09. The number of anilines is 1. The van der Waals surface area contributed by atoms with Crippen molar-refractivity contribution >= 4 is 17.2 Å². The van der Waals surface area contributed by atoms with Crippen LogP contribution < -0.4 is 5.32 Å². The third kappa shape index (κ3) is 2.24. The third-order valence-electron chi connectivity index (χ3n) is 2.68. The van der Waals surface area contributed by atoms with E-state index < -0.39 is 0 Å². The molecule has 0 spiro atoms. The Hall–Kier alpha value is -2.74. The molecule has 0 atom stereocenters. The van der Waals surface area contributed by atoms with E-state index in [4.69, 9.17) is 4.74 Å². The fraction of sp³-hybridized carbons (Fsp3) is 0.167. The minimum Gasteiger partial charge on any atom is -0.362 e. The first-order valence-electron chi connectivity index (χ1n) is 5.89. The summed E-state index contributed by atoms with van der Waals surface area (Å²) in [6.45, 7) is 0.328. The molecular formula is C12H12N6O2. The minimum absolute atomic E-state index is 0.282. The van der Waals surface area contributed by atoms with Gasteiger partial charge in [-0.15, -0.1) is 0 Å². The van der Waals surface area contributed by atoms with E-state index in [1.807, 2.05) is 0 Å². The Kier molecular flexibility index (Phi) is 3.13. The van der Waals surface area contributed by atoms with Gasteiger partial charge in [-0.25, -0.2) is 14.2 Å². The predicted octanol–water partition coefficient (Wildman–Crippen LogP) is 0.782. The second-order valence-corrected chi connectivity index (χ2v) is 4.09. The van der Waals surface area contributed by atoms with Crippen molar-refractivity contribution in [3.8, 4) is 0 Å². The van der Waals surface area contributed by atoms with Crippen molar-refractivity contribution in [3.05, 3.63) is 42.6 Å². The number of nitrogens with one attached hydrogen (secondary N) is 1. The molecule has 0 bridgehead atoms. The molecule has 3 rings (SSSR count). The Balaban J connectivity index is 1.81. The highest BCUT2D eigenvalue weighted by atomic mass is 16.5. The molecule has 0 radical (unpaired) electrons. The Morgan fingerprint density at radius 3 is 3.15 bits per heavy atom. The van der Waals surface area contributed by atoms with Gasteiger partial charge in [0.15, 0.2) is 5.65 Å². The maximum Gasteiger partial charge on any atom is 0.261 e. The number of methoxy groups -OCH3 is 1. The number of amides is 1. The number of nitrogens with zero attached hydrogens (tertiary/aromatic N) is 5. The average molecular weight is 272 g/mol. The van der Waals surface area contributed by atoms with Crippen LogP contribution in [0.3, 0.4) is 0 Å². The summed E-state index contributed by atoms with van der Waals surface area (Å²) in [7, 11) is 1.57. The van der Waals surface area contributed by atoms with Gasteiger partial charge < -0.3 is 10.1 Å². The van der Waals surface area contributed by atoms with Crippen molar-refractivity contribution in [3.63, 3.8) is 0 Å². The maximum atomic E-state index is 12.2. The van der Waals surface area contributed by atoms with Gasteiger partial charge >= 0.3 is 0 Å². The molecule has 102 valence electrons. The molecule has 0 aliphatic heterocycles. The summed E-state index contributed by atoms with van der Waals surface area (Å²) in [6, 6.07) is 1.75. The molecule has 0 aliphatic rings. The van der Waals surface area contributed by atoms with E-state index in [9.17, 15) is 4.79 Å². The molecule has 3 aromatic rings. The fourth-order valence-corrected chi connectivity index (χ4v) is 1.82. The highest BCUT2D eigenvalue weighted by molar-refractivity contribution is 6.07. The van der Waals surface area contributed by atoms with Gasteiger partial charge in [0.05, 0.1) is 24.3 Å². The van der Waals surface area contributed by atoms with Crippen LogP contribution in [-0.2, 0) is 11.5 Å². The lowest BCUT2D eigenvalue weighted by atomic mass is 10.3. The van der Waals surface area contributed by atoms with Crippen LogP contribution in [0.5, 0.6) is 0 Å². The van der Waals surface area contributed by atoms with E-state index in [0.29, 0.717) is 23.6 Å². The van der Waals surface area contributed by atoms with Crippen LogP contribution in [0.1, 0.15) is 10.4 Å². The zero-order valence-electron chi connectivity index (χ0n) is 10.7. The van der Waals surface area contributed by atoms with Gasteiger partial charge in [-0.05, 0) is 6.07 Å². The molecular weight excluding hydrogens is 260 g/mol. The van der Waals surface area contributed by atoms with Crippen molar-refractivity contribution < 1.29 is 9.53 Å². The van der Waals surface area contributed by atoms with Gasteiger partial charge in [0, 0.05) is 19.5 Å². The van der Waals surface area contributed by atoms with Gasteiger partial charge in [-0.3, -0.25) is 4.79 Å². The van der Waals surface area contributed by atoms with Crippen molar-refractivity contribution in [2.75, 3.05) is 12.4 Å². The highest BCUT2D eigenvalue weighted by Gasteiger charge is 2.14. The number of hydrogen-bond donors (Lipinski definition) is 1. The first-order valence-corrected chi connectivity index (χ1v) is 5.89. The molecule has 3 heterocycles. The number of carbonyl (C=O) groups is 1. The van der Waals surface area contributed by atoms with E-state index >= 15 is 0 Å². The van der Waals surface area contributed by atoms with Crippen LogP contribution in [0.2, 0.25) is 0 Å². The van der Waals surface area contributed by atoms with Crippen LogP contribution in [0.15, 0.2) is 37.1 Å². The molecule has 20 heavy (non-hydrogen) atoms. The summed E-state index contributed by atoms with van der Waals surface area (Å²) < 4.78 is 8.06. The first kappa shape index (κ1) is 12.3. The Bertz CT molecular complexity index is 747. The summed E-state index contributed by atoms with van der Waals surface area (Å²) in [5, 5.41) is 10.9. The number of carbonyl (C=O) groups excluding carboxylic acids is 1. The predicted molar refractivity (Wildman–Crippen MR) is 70.2 cm³/mol. The molecule has 0 aliphatic carbocycles. The highest BCUT2D eigenvalue weighted by Crippen LogP contribution is 2.11. The van der Waals surface area contributed by atoms with Crippen molar-refractivity contribution in [2.24, 2.45) is 0 Å². The van der Waals surface area contributed by atoms with Crippen LogP contribution in [0, 0.1) is 0 Å². The number of aromatic nitrogens is 5. The van der Waals surface area contributed by atoms with Crippen molar-refractivity contribution in [2.45, 2.75) is 6.73 Å². The molecule has 8 nitrogen and oxygen atoms in total. The SMILES string of the molecule is COCn1cc(NC(=O)c2cnn3cccnc23)cn1. The zero-order chi connectivity index (χ0) is 13.9. The lowest BCUT2D eigenvalue weighted by molar-refractivity contribution is 0.102. The van der Waals surface area contributed by atoms with E-state index in [0.717, 1.165) is 0 Å². The summed E-state index contributed by atoms with van der Waals surface area (Å²) in [5.41, 5.74) is 1.50. The van der Waals surface area contributed by atoms with E-state index in [1.54, 1.807) is 47.2 Å². The van der Waals surface area contributed by atoms with E-state index in [1.165, 1.54) is 6.20 Å². The van der Waals surface area contributed by atoms with E-state index in [2.05, 4.69) is 20.5 Å². The molecule has 0 saturated carbocycles. The summed E-state index contributed by atoms with van der Waals surface area (Å²) in [6.07, 6.45) is 8.06. The topological polar surface area (TPSA) is 86.3 Å². The van der Waals surface area contributed by atoms with Crippen molar-refractivity contribution in [1.82, 2.24) is 24.4 Å². The summed E-state index contributed by atoms with van der Waals surface area (Å²) in [5.74, 6) is -0.282. The van der Waals surface area contributed by atoms with Crippen LogP contribution in [0.25, 0.3) is 5.65 Å². The number of fused-ring (bicyclic) bond motifs is 1. The molecule has 0 saturated heterocycles. The molecule has 8 heteroatoms. The molecule has 1 N–H and O–H groups in total. The molecule has 0 aromatic carbocycles. The monoisotopic (exact) mass is 272 g/mol. The van der Waals surface area contributed by atoms with Gasteiger partial charge in [0.2, 0.25) is 0 Å². The number of ether oxygens (including phenoxy) is 1. The quantitative estimate of drug-likeness (QED) is 0.758. The average Bonchev–Trinajstić information content (AvgIpc) is 3.06. The summed E-state index contributed by atoms with van der Waals surface area (Å²) >= 11 is 0. The largest absolute Gasteiger partial charge is 0.362 e. The lowest BCUT2D eigenvalue weighted by Gasteiger charge is -2.00. The number of rotatable bonds is 4. The van der Waals surface area contributed by atoms with Gasteiger partial charge in [0.25, 0.3) is 5.91 Å². The minimum atomic E-state index is -0.282. The summed E-state index contributed by atoms with van der Waals surface area (Å²) in [4.78, 5) is 16.3. The number of hydrogen-bond acceptors (Lipinski definition) is 5. The Morgan fingerprint density at radius 2 is 2.30 bits per heavy atom. The molecule has 3 aromatic heterocycles. The van der Waals surface area contributed by atoms with Crippen LogP contribution in [-0.4, -0.2) is 37.4 Å². The molecule has 0 unspecified atom stereocenters. The van der Waals surface area contributed by atoms with Gasteiger partial charge in [0.1, 0.15) is 12.3 Å². The van der Waals surface area contributed by atoms with Crippen LogP contribution in [0.4, 0.5) is 5.69 Å². The van der Waals surface area contributed by atoms with Crippen LogP contribution >= 0.6 is 0 Å². The fourth-order valence-electron chi connectivity index (χ4n) is 1.82. The smallest absolute Gasteiger partial charge is 0.261 e. The molecule has 0 fully saturated rings. The molecule has 1 amide bonds. The third-order valence-corrected chi connectivity index (χ3v) is 2.68. The van der Waals surface area contributed by atoms with Crippen molar-refractivity contribution in [1.29, 1.82) is 0 Å². The zero-order valence-corrected chi connectivity index (χ0v) is 10.7. The lowest BCUT2D eigenvalue weighted by Crippen LogP contribution is -2.11.